The molecule has 0 N–H and O–H groups in total. The third-order valence-corrected chi connectivity index (χ3v) is 4.54. The second kappa shape index (κ2) is 6.87. The molecule has 1 aliphatic rings. The molecule has 0 unspecified atom stereocenters. The molecular formula is C18H13N3O3S. The van der Waals surface area contributed by atoms with Gasteiger partial charge in [0, 0.05) is 5.75 Å². The molecule has 25 heavy (non-hydrogen) atoms. The maximum Gasteiger partial charge on any atom is 0.277 e. The molecule has 0 radical (unpaired) electrons. The summed E-state index contributed by atoms with van der Waals surface area (Å²) in [6.45, 7) is 0.332. The number of fused-ring (bicyclic) bond motifs is 1. The molecule has 1 atom stereocenters. The summed E-state index contributed by atoms with van der Waals surface area (Å²) in [4.78, 5) is 0. The van der Waals surface area contributed by atoms with Gasteiger partial charge in [-0.15, -0.1) is 10.2 Å². The number of ether oxygens (including phenoxy) is 2. The fraction of sp³-hybridized carbons (Fsp3) is 0.167. The highest BCUT2D eigenvalue weighted by Crippen LogP contribution is 2.36. The van der Waals surface area contributed by atoms with E-state index in [1.165, 1.54) is 11.8 Å². The van der Waals surface area contributed by atoms with Crippen LogP contribution in [0.4, 0.5) is 0 Å². The average molecular weight is 351 g/mol. The summed E-state index contributed by atoms with van der Waals surface area (Å²) in [7, 11) is 0. The van der Waals surface area contributed by atoms with Gasteiger partial charge in [-0.1, -0.05) is 36.0 Å². The normalized spacial score (nSPS) is 15.6. The van der Waals surface area contributed by atoms with Crippen molar-refractivity contribution in [1.82, 2.24) is 10.2 Å². The first kappa shape index (κ1) is 15.5. The van der Waals surface area contributed by atoms with Crippen molar-refractivity contribution >= 4 is 11.8 Å². The minimum absolute atomic E-state index is 0.332. The van der Waals surface area contributed by atoms with Crippen molar-refractivity contribution in [3.8, 4) is 17.6 Å². The first-order valence-electron chi connectivity index (χ1n) is 7.65. The van der Waals surface area contributed by atoms with Gasteiger partial charge in [0.15, 0.2) is 11.5 Å². The van der Waals surface area contributed by atoms with Gasteiger partial charge in [0.2, 0.25) is 6.10 Å². The Labute approximate surface area is 148 Å². The third kappa shape index (κ3) is 3.44. The predicted molar refractivity (Wildman–Crippen MR) is 90.3 cm³/mol. The van der Waals surface area contributed by atoms with Gasteiger partial charge in [-0.05, 0) is 29.8 Å². The van der Waals surface area contributed by atoms with Crippen LogP contribution in [0.3, 0.4) is 0 Å². The minimum atomic E-state index is -0.410. The summed E-state index contributed by atoms with van der Waals surface area (Å²) in [5.41, 5.74) is 1.72. The fourth-order valence-corrected chi connectivity index (χ4v) is 3.10. The van der Waals surface area contributed by atoms with Crippen LogP contribution in [0.15, 0.2) is 58.2 Å². The van der Waals surface area contributed by atoms with E-state index in [0.717, 1.165) is 5.56 Å². The zero-order valence-corrected chi connectivity index (χ0v) is 13.9. The summed E-state index contributed by atoms with van der Waals surface area (Å²) in [5, 5.41) is 17.4. The molecule has 2 aromatic carbocycles. The molecule has 7 heteroatoms. The van der Waals surface area contributed by atoms with Gasteiger partial charge in [0.05, 0.1) is 11.6 Å². The molecule has 3 aromatic rings. The minimum Gasteiger partial charge on any atom is -0.485 e. The van der Waals surface area contributed by atoms with Crippen molar-refractivity contribution < 1.29 is 13.9 Å². The smallest absolute Gasteiger partial charge is 0.277 e. The number of rotatable bonds is 4. The van der Waals surface area contributed by atoms with Crippen molar-refractivity contribution in [2.45, 2.75) is 17.1 Å². The van der Waals surface area contributed by atoms with Crippen LogP contribution in [0.5, 0.6) is 11.5 Å². The Morgan fingerprint density at radius 1 is 1.08 bits per heavy atom. The molecule has 0 bridgehead atoms. The molecule has 0 amide bonds. The Bertz CT molecular complexity index is 918. The molecule has 0 spiro atoms. The number of nitrogens with zero attached hydrogens (tertiary/aromatic N) is 3. The highest BCUT2D eigenvalue weighted by Gasteiger charge is 2.27. The quantitative estimate of drug-likeness (QED) is 0.662. The lowest BCUT2D eigenvalue weighted by Crippen LogP contribution is -2.21. The summed E-state index contributed by atoms with van der Waals surface area (Å²) in [5.74, 6) is 2.47. The lowest BCUT2D eigenvalue weighted by atomic mass is 10.2. The molecule has 0 fully saturated rings. The predicted octanol–water partition coefficient (Wildman–Crippen LogP) is 3.75. The summed E-state index contributed by atoms with van der Waals surface area (Å²) in [6.07, 6.45) is -0.410. The van der Waals surface area contributed by atoms with Crippen LogP contribution < -0.4 is 9.47 Å². The molecule has 0 saturated carbocycles. The number of hydrogen-bond acceptors (Lipinski definition) is 7. The SMILES string of the molecule is N#Cc1ccc(CSc2nnc([C@@H]3COc4ccccc4O3)o2)cc1. The highest BCUT2D eigenvalue weighted by atomic mass is 32.2. The molecule has 0 aliphatic carbocycles. The van der Waals surface area contributed by atoms with Crippen molar-refractivity contribution in [2.24, 2.45) is 0 Å². The molecule has 6 nitrogen and oxygen atoms in total. The van der Waals surface area contributed by atoms with Crippen LogP contribution in [-0.4, -0.2) is 16.8 Å². The Balaban J connectivity index is 1.40. The molecule has 1 aromatic heterocycles. The number of nitriles is 1. The van der Waals surface area contributed by atoms with E-state index in [1.807, 2.05) is 36.4 Å². The largest absolute Gasteiger partial charge is 0.485 e. The van der Waals surface area contributed by atoms with Gasteiger partial charge >= 0.3 is 0 Å². The van der Waals surface area contributed by atoms with E-state index < -0.39 is 6.10 Å². The number of para-hydroxylation sites is 2. The summed E-state index contributed by atoms with van der Waals surface area (Å²) in [6, 6.07) is 17.0. The second-order valence-electron chi connectivity index (χ2n) is 5.37. The number of aromatic nitrogens is 2. The number of thioether (sulfide) groups is 1. The lowest BCUT2D eigenvalue weighted by molar-refractivity contribution is 0.0686. The van der Waals surface area contributed by atoms with Crippen LogP contribution >= 0.6 is 11.8 Å². The topological polar surface area (TPSA) is 81.2 Å². The summed E-state index contributed by atoms with van der Waals surface area (Å²) < 4.78 is 17.2. The van der Waals surface area contributed by atoms with E-state index in [2.05, 4.69) is 16.3 Å². The van der Waals surface area contributed by atoms with Gasteiger partial charge in [-0.3, -0.25) is 0 Å². The van der Waals surface area contributed by atoms with Gasteiger partial charge in [-0.25, -0.2) is 0 Å². The van der Waals surface area contributed by atoms with E-state index in [-0.39, 0.29) is 0 Å². The van der Waals surface area contributed by atoms with Gasteiger partial charge in [0.25, 0.3) is 11.1 Å². The van der Waals surface area contributed by atoms with Gasteiger partial charge in [-0.2, -0.15) is 5.26 Å². The first-order chi connectivity index (χ1) is 12.3. The van der Waals surface area contributed by atoms with Crippen LogP contribution in [0, 0.1) is 11.3 Å². The molecule has 1 aliphatic heterocycles. The molecule has 2 heterocycles. The lowest BCUT2D eigenvalue weighted by Gasteiger charge is -2.23. The molecular weight excluding hydrogens is 338 g/mol. The Morgan fingerprint density at radius 3 is 2.68 bits per heavy atom. The van der Waals surface area contributed by atoms with E-state index in [0.29, 0.717) is 40.5 Å². The first-order valence-corrected chi connectivity index (χ1v) is 8.64. The van der Waals surface area contributed by atoms with Crippen molar-refractivity contribution in [3.05, 3.63) is 65.5 Å². The zero-order chi connectivity index (χ0) is 17.1. The molecule has 124 valence electrons. The van der Waals surface area contributed by atoms with E-state index in [1.54, 1.807) is 12.1 Å². The van der Waals surface area contributed by atoms with Crippen LogP contribution in [0.2, 0.25) is 0 Å². The molecule has 0 saturated heterocycles. The van der Waals surface area contributed by atoms with E-state index in [9.17, 15) is 0 Å². The Hall–Kier alpha value is -2.98. The van der Waals surface area contributed by atoms with E-state index >= 15 is 0 Å². The van der Waals surface area contributed by atoms with Crippen LogP contribution in [0.25, 0.3) is 0 Å². The third-order valence-electron chi connectivity index (χ3n) is 3.65. The number of benzene rings is 2. The van der Waals surface area contributed by atoms with Gasteiger partial charge in [0.1, 0.15) is 6.61 Å². The highest BCUT2D eigenvalue weighted by molar-refractivity contribution is 7.98. The second-order valence-corrected chi connectivity index (χ2v) is 6.29. The maximum atomic E-state index is 8.81. The average Bonchev–Trinajstić information content (AvgIpc) is 3.15. The standard InChI is InChI=1S/C18H13N3O3S/c19-9-12-5-7-13(8-6-12)11-25-18-21-20-17(24-18)16-10-22-14-3-1-2-4-15(14)23-16/h1-8,16H,10-11H2/t16-/m0/s1. The zero-order valence-electron chi connectivity index (χ0n) is 13.1. The fourth-order valence-electron chi connectivity index (χ4n) is 2.37. The Kier molecular flexibility index (Phi) is 4.27. The Morgan fingerprint density at radius 2 is 1.88 bits per heavy atom. The van der Waals surface area contributed by atoms with Crippen molar-refractivity contribution in [1.29, 1.82) is 5.26 Å². The van der Waals surface area contributed by atoms with Crippen LogP contribution in [-0.2, 0) is 5.75 Å². The monoisotopic (exact) mass is 351 g/mol. The van der Waals surface area contributed by atoms with Crippen LogP contribution in [0.1, 0.15) is 23.1 Å². The van der Waals surface area contributed by atoms with E-state index in [4.69, 9.17) is 19.2 Å². The van der Waals surface area contributed by atoms with Gasteiger partial charge < -0.3 is 13.9 Å². The number of hydrogen-bond donors (Lipinski definition) is 0. The van der Waals surface area contributed by atoms with Crippen molar-refractivity contribution in [3.63, 3.8) is 0 Å². The maximum absolute atomic E-state index is 8.81. The van der Waals surface area contributed by atoms with Crippen molar-refractivity contribution in [2.75, 3.05) is 6.61 Å². The molecule has 4 rings (SSSR count). The summed E-state index contributed by atoms with van der Waals surface area (Å²) >= 11 is 1.44.